The van der Waals surface area contributed by atoms with Gasteiger partial charge in [0.25, 0.3) is 0 Å². The number of carbonyl (C=O) groups is 1. The molecule has 138 valence electrons. The summed E-state index contributed by atoms with van der Waals surface area (Å²) in [5, 5.41) is 0.739. The van der Waals surface area contributed by atoms with Crippen LogP contribution in [0.25, 0.3) is 0 Å². The molecular weight excluding hydrogens is 336 g/mol. The van der Waals surface area contributed by atoms with Crippen LogP contribution in [0.4, 0.5) is 0 Å². The molecule has 25 heavy (non-hydrogen) atoms. The summed E-state index contributed by atoms with van der Waals surface area (Å²) in [4.78, 5) is 17.1. The van der Waals surface area contributed by atoms with E-state index in [4.69, 9.17) is 16.3 Å². The van der Waals surface area contributed by atoms with Crippen LogP contribution < -0.4 is 0 Å². The molecule has 3 rings (SSSR count). The van der Waals surface area contributed by atoms with Gasteiger partial charge in [0, 0.05) is 50.7 Å². The molecule has 0 bridgehead atoms. The molecule has 1 aromatic rings. The van der Waals surface area contributed by atoms with Crippen molar-refractivity contribution in [1.29, 1.82) is 0 Å². The topological polar surface area (TPSA) is 32.8 Å². The van der Waals surface area contributed by atoms with Gasteiger partial charge in [0.05, 0.1) is 6.61 Å². The van der Waals surface area contributed by atoms with Gasteiger partial charge in [0.15, 0.2) is 0 Å². The molecule has 2 fully saturated rings. The normalized spacial score (nSPS) is 23.3. The van der Waals surface area contributed by atoms with Gasteiger partial charge in [0.2, 0.25) is 5.91 Å². The molecule has 2 heterocycles. The lowest BCUT2D eigenvalue weighted by Gasteiger charge is -2.42. The van der Waals surface area contributed by atoms with E-state index < -0.39 is 0 Å². The Morgan fingerprint density at radius 2 is 1.96 bits per heavy atom. The highest BCUT2D eigenvalue weighted by molar-refractivity contribution is 6.30. The van der Waals surface area contributed by atoms with Crippen molar-refractivity contribution in [2.45, 2.75) is 25.7 Å². The van der Waals surface area contributed by atoms with Gasteiger partial charge in [-0.15, -0.1) is 0 Å². The maximum absolute atomic E-state index is 12.6. The fourth-order valence-electron chi connectivity index (χ4n) is 4.56. The molecule has 1 aromatic carbocycles. The summed E-state index contributed by atoms with van der Waals surface area (Å²) in [5.74, 6) is 0.869. The van der Waals surface area contributed by atoms with E-state index in [1.54, 1.807) is 7.11 Å². The second-order valence-electron chi connectivity index (χ2n) is 7.72. The number of carbonyl (C=O) groups excluding carboxylic acids is 1. The van der Waals surface area contributed by atoms with Crippen molar-refractivity contribution in [2.75, 3.05) is 46.9 Å². The van der Waals surface area contributed by atoms with E-state index in [9.17, 15) is 4.79 Å². The van der Waals surface area contributed by atoms with Gasteiger partial charge in [-0.1, -0.05) is 23.7 Å². The Morgan fingerprint density at radius 3 is 2.60 bits per heavy atom. The molecule has 2 aliphatic rings. The smallest absolute Gasteiger partial charge is 0.222 e. The molecule has 0 unspecified atom stereocenters. The number of benzene rings is 1. The SMILES string of the molecule is COC[C@H]1CN(C)CC12CCN(C(=O)CCc1ccc(Cl)cc1)CC2. The Kier molecular flexibility index (Phi) is 6.03. The van der Waals surface area contributed by atoms with Crippen LogP contribution in [0, 0.1) is 11.3 Å². The Morgan fingerprint density at radius 1 is 1.28 bits per heavy atom. The average molecular weight is 365 g/mol. The van der Waals surface area contributed by atoms with E-state index in [0.29, 0.717) is 17.8 Å². The minimum atomic E-state index is 0.277. The zero-order valence-electron chi connectivity index (χ0n) is 15.3. The first-order chi connectivity index (χ1) is 12.0. The van der Waals surface area contributed by atoms with E-state index in [1.165, 1.54) is 5.56 Å². The van der Waals surface area contributed by atoms with Gasteiger partial charge in [0.1, 0.15) is 0 Å². The van der Waals surface area contributed by atoms with Gasteiger partial charge in [-0.3, -0.25) is 4.79 Å². The van der Waals surface area contributed by atoms with Crippen molar-refractivity contribution >= 4 is 17.5 Å². The highest BCUT2D eigenvalue weighted by Gasteiger charge is 2.47. The zero-order chi connectivity index (χ0) is 17.9. The van der Waals surface area contributed by atoms with Crippen molar-refractivity contribution in [3.8, 4) is 0 Å². The molecule has 4 nitrogen and oxygen atoms in total. The summed E-state index contributed by atoms with van der Waals surface area (Å²) in [7, 11) is 3.99. The number of aryl methyl sites for hydroxylation is 1. The molecule has 1 amide bonds. The van der Waals surface area contributed by atoms with Crippen LogP contribution in [0.2, 0.25) is 5.02 Å². The molecule has 2 saturated heterocycles. The van der Waals surface area contributed by atoms with Crippen LogP contribution in [-0.4, -0.2) is 62.7 Å². The summed E-state index contributed by atoms with van der Waals surface area (Å²) in [5.41, 5.74) is 1.50. The molecule has 5 heteroatoms. The lowest BCUT2D eigenvalue weighted by Crippen LogP contribution is -2.47. The maximum atomic E-state index is 12.6. The molecule has 2 aliphatic heterocycles. The molecule has 1 spiro atoms. The number of ether oxygens (including phenoxy) is 1. The van der Waals surface area contributed by atoms with Crippen molar-refractivity contribution in [3.63, 3.8) is 0 Å². The standard InChI is InChI=1S/C20H29ClN2O2/c1-22-13-17(14-25-2)20(15-22)9-11-23(12-10-20)19(24)8-5-16-3-6-18(21)7-4-16/h3-4,6-7,17H,5,8-15H2,1-2H3/t17-/m1/s1. The largest absolute Gasteiger partial charge is 0.384 e. The van der Waals surface area contributed by atoms with Gasteiger partial charge < -0.3 is 14.5 Å². The number of likely N-dealkylation sites (tertiary alicyclic amines) is 2. The monoisotopic (exact) mass is 364 g/mol. The summed E-state index contributed by atoms with van der Waals surface area (Å²) in [6.07, 6.45) is 3.55. The third kappa shape index (κ3) is 4.36. The first-order valence-electron chi connectivity index (χ1n) is 9.22. The van der Waals surface area contributed by atoms with Crippen LogP contribution in [0.5, 0.6) is 0 Å². The van der Waals surface area contributed by atoms with Crippen molar-refractivity contribution < 1.29 is 9.53 Å². The van der Waals surface area contributed by atoms with Gasteiger partial charge >= 0.3 is 0 Å². The number of amides is 1. The van der Waals surface area contributed by atoms with E-state index >= 15 is 0 Å². The number of methoxy groups -OCH3 is 1. The van der Waals surface area contributed by atoms with Crippen LogP contribution in [-0.2, 0) is 16.0 Å². The molecule has 0 aliphatic carbocycles. The third-order valence-electron chi connectivity index (χ3n) is 6.00. The van der Waals surface area contributed by atoms with E-state index in [2.05, 4.69) is 16.8 Å². The third-order valence-corrected chi connectivity index (χ3v) is 6.26. The second kappa shape index (κ2) is 8.07. The van der Waals surface area contributed by atoms with Crippen LogP contribution in [0.3, 0.4) is 0 Å². The molecular formula is C20H29ClN2O2. The molecule has 1 atom stereocenters. The predicted octanol–water partition coefficient (Wildman–Crippen LogP) is 3.09. The summed E-state index contributed by atoms with van der Waals surface area (Å²) in [6.45, 7) is 4.84. The van der Waals surface area contributed by atoms with Crippen molar-refractivity contribution in [1.82, 2.24) is 9.80 Å². The number of hydrogen-bond donors (Lipinski definition) is 0. The fraction of sp³-hybridized carbons (Fsp3) is 0.650. The number of halogens is 1. The molecule has 0 N–H and O–H groups in total. The van der Waals surface area contributed by atoms with Gasteiger partial charge in [-0.25, -0.2) is 0 Å². The van der Waals surface area contributed by atoms with Crippen molar-refractivity contribution in [3.05, 3.63) is 34.9 Å². The Labute approximate surface area is 156 Å². The number of nitrogens with zero attached hydrogens (tertiary/aromatic N) is 2. The summed E-state index contributed by atoms with van der Waals surface area (Å²) in [6, 6.07) is 7.78. The maximum Gasteiger partial charge on any atom is 0.222 e. The fourth-order valence-corrected chi connectivity index (χ4v) is 4.69. The van der Waals surface area contributed by atoms with Crippen LogP contribution in [0.15, 0.2) is 24.3 Å². The van der Waals surface area contributed by atoms with Crippen LogP contribution in [0.1, 0.15) is 24.8 Å². The summed E-state index contributed by atoms with van der Waals surface area (Å²) < 4.78 is 5.46. The van der Waals surface area contributed by atoms with E-state index in [-0.39, 0.29) is 5.91 Å². The second-order valence-corrected chi connectivity index (χ2v) is 8.16. The quantitative estimate of drug-likeness (QED) is 0.804. The van der Waals surface area contributed by atoms with Gasteiger partial charge in [-0.05, 0) is 49.4 Å². The van der Waals surface area contributed by atoms with E-state index in [1.807, 2.05) is 24.3 Å². The number of hydrogen-bond acceptors (Lipinski definition) is 3. The van der Waals surface area contributed by atoms with Crippen LogP contribution >= 0.6 is 11.6 Å². The lowest BCUT2D eigenvalue weighted by molar-refractivity contribution is -0.134. The first kappa shape index (κ1) is 18.7. The molecule has 0 aromatic heterocycles. The highest BCUT2D eigenvalue weighted by Crippen LogP contribution is 2.44. The average Bonchev–Trinajstić information content (AvgIpc) is 2.90. The number of rotatable bonds is 5. The minimum absolute atomic E-state index is 0.277. The Hall–Kier alpha value is -1.10. The Balaban J connectivity index is 1.51. The molecule has 0 radical (unpaired) electrons. The minimum Gasteiger partial charge on any atom is -0.384 e. The van der Waals surface area contributed by atoms with Crippen molar-refractivity contribution in [2.24, 2.45) is 11.3 Å². The zero-order valence-corrected chi connectivity index (χ0v) is 16.1. The lowest BCUT2D eigenvalue weighted by atomic mass is 9.71. The Bertz CT molecular complexity index is 582. The first-order valence-corrected chi connectivity index (χ1v) is 9.60. The highest BCUT2D eigenvalue weighted by atomic mass is 35.5. The van der Waals surface area contributed by atoms with Gasteiger partial charge in [-0.2, -0.15) is 0 Å². The summed E-state index contributed by atoms with van der Waals surface area (Å²) >= 11 is 5.91. The number of piperidine rings is 1. The predicted molar refractivity (Wildman–Crippen MR) is 101 cm³/mol. The molecule has 0 saturated carbocycles. The van der Waals surface area contributed by atoms with E-state index in [0.717, 1.165) is 57.1 Å².